The molecule has 2 aliphatic rings. The number of likely N-dealkylation sites (tertiary alicyclic amines) is 1. The number of hydrogen-bond donors (Lipinski definition) is 1. The lowest BCUT2D eigenvalue weighted by Gasteiger charge is -2.34. The molecular weight excluding hydrogens is 218 g/mol. The van der Waals surface area contributed by atoms with Crippen LogP contribution in [0.25, 0.3) is 0 Å². The normalized spacial score (nSPS) is 29.8. The molecule has 0 aromatic heterocycles. The first kappa shape index (κ1) is 12.3. The summed E-state index contributed by atoms with van der Waals surface area (Å²) in [6.45, 7) is 3.19. The topological polar surface area (TPSA) is 20.3 Å². The zero-order valence-corrected chi connectivity index (χ0v) is 11.1. The number of thiol groups is 1. The van der Waals surface area contributed by atoms with Crippen molar-refractivity contribution < 1.29 is 4.79 Å². The van der Waals surface area contributed by atoms with Gasteiger partial charge in [-0.2, -0.15) is 12.6 Å². The quantitative estimate of drug-likeness (QED) is 0.753. The minimum atomic E-state index is 0.358. The molecule has 0 bridgehead atoms. The second-order valence-electron chi connectivity index (χ2n) is 5.44. The van der Waals surface area contributed by atoms with Crippen LogP contribution in [0.15, 0.2) is 0 Å². The maximum absolute atomic E-state index is 11.9. The molecule has 1 saturated carbocycles. The number of carbonyl (C=O) groups excluding carboxylic acids is 1. The Morgan fingerprint density at radius 3 is 2.62 bits per heavy atom. The average Bonchev–Trinajstić information content (AvgIpc) is 2.71. The van der Waals surface area contributed by atoms with E-state index in [1.165, 1.54) is 32.1 Å². The monoisotopic (exact) mass is 241 g/mol. The molecule has 92 valence electrons. The lowest BCUT2D eigenvalue weighted by atomic mass is 9.84. The molecule has 0 aromatic carbocycles. The molecule has 1 heterocycles. The Bertz CT molecular complexity index is 250. The molecule has 1 saturated heterocycles. The van der Waals surface area contributed by atoms with Crippen LogP contribution < -0.4 is 0 Å². The Hall–Kier alpha value is -0.180. The molecule has 0 radical (unpaired) electrons. The zero-order valence-electron chi connectivity index (χ0n) is 10.2. The summed E-state index contributed by atoms with van der Waals surface area (Å²) >= 11 is 4.31. The summed E-state index contributed by atoms with van der Waals surface area (Å²) in [6, 6.07) is 0.456. The zero-order chi connectivity index (χ0) is 11.5. The third-order valence-electron chi connectivity index (χ3n) is 4.32. The van der Waals surface area contributed by atoms with Crippen LogP contribution in [-0.2, 0) is 4.79 Å². The van der Waals surface area contributed by atoms with E-state index < -0.39 is 0 Å². The summed E-state index contributed by atoms with van der Waals surface area (Å²) in [5, 5.41) is 0. The van der Waals surface area contributed by atoms with Crippen molar-refractivity contribution in [2.75, 3.05) is 12.3 Å². The van der Waals surface area contributed by atoms with E-state index >= 15 is 0 Å². The van der Waals surface area contributed by atoms with Crippen molar-refractivity contribution in [1.82, 2.24) is 4.90 Å². The van der Waals surface area contributed by atoms with E-state index in [-0.39, 0.29) is 0 Å². The highest BCUT2D eigenvalue weighted by molar-refractivity contribution is 7.80. The molecule has 2 atom stereocenters. The van der Waals surface area contributed by atoms with Crippen LogP contribution >= 0.6 is 12.6 Å². The van der Waals surface area contributed by atoms with Crippen LogP contribution in [0.4, 0.5) is 0 Å². The molecule has 16 heavy (non-hydrogen) atoms. The van der Waals surface area contributed by atoms with E-state index in [2.05, 4.69) is 24.5 Å². The molecule has 0 N–H and O–H groups in total. The van der Waals surface area contributed by atoms with Gasteiger partial charge < -0.3 is 4.90 Å². The molecule has 2 fully saturated rings. The Labute approximate surface area is 104 Å². The highest BCUT2D eigenvalue weighted by Crippen LogP contribution is 2.32. The van der Waals surface area contributed by atoms with Crippen molar-refractivity contribution >= 4 is 18.5 Å². The largest absolute Gasteiger partial charge is 0.339 e. The molecule has 0 aromatic rings. The second kappa shape index (κ2) is 5.44. The smallest absolute Gasteiger partial charge is 0.223 e. The van der Waals surface area contributed by atoms with Gasteiger partial charge in [-0.25, -0.2) is 0 Å². The number of rotatable bonds is 3. The van der Waals surface area contributed by atoms with Crippen LogP contribution in [-0.4, -0.2) is 29.1 Å². The highest BCUT2D eigenvalue weighted by Gasteiger charge is 2.35. The molecule has 1 aliphatic heterocycles. The number of hydrogen-bond acceptors (Lipinski definition) is 2. The van der Waals surface area contributed by atoms with Crippen molar-refractivity contribution in [3.63, 3.8) is 0 Å². The summed E-state index contributed by atoms with van der Waals surface area (Å²) in [5.41, 5.74) is 0. The highest BCUT2D eigenvalue weighted by atomic mass is 32.1. The van der Waals surface area contributed by atoms with Crippen LogP contribution in [0.1, 0.15) is 45.4 Å². The van der Waals surface area contributed by atoms with Gasteiger partial charge in [0.25, 0.3) is 0 Å². The van der Waals surface area contributed by atoms with Gasteiger partial charge in [0, 0.05) is 19.0 Å². The number of carbonyl (C=O) groups is 1. The Morgan fingerprint density at radius 2 is 2.06 bits per heavy atom. The van der Waals surface area contributed by atoms with Gasteiger partial charge in [-0.1, -0.05) is 19.3 Å². The molecule has 3 heteroatoms. The van der Waals surface area contributed by atoms with E-state index in [0.29, 0.717) is 17.9 Å². The first-order valence-corrected chi connectivity index (χ1v) is 7.26. The van der Waals surface area contributed by atoms with Crippen LogP contribution in [0.2, 0.25) is 0 Å². The van der Waals surface area contributed by atoms with Gasteiger partial charge in [0.1, 0.15) is 0 Å². The summed E-state index contributed by atoms with van der Waals surface area (Å²) in [5.74, 6) is 2.44. The van der Waals surface area contributed by atoms with Gasteiger partial charge in [0.2, 0.25) is 5.91 Å². The van der Waals surface area contributed by atoms with Crippen molar-refractivity contribution in [2.45, 2.75) is 51.5 Å². The van der Waals surface area contributed by atoms with Gasteiger partial charge >= 0.3 is 0 Å². The van der Waals surface area contributed by atoms with E-state index in [1.54, 1.807) is 0 Å². The molecular formula is C13H23NOS. The average molecular weight is 241 g/mol. The molecule has 2 nitrogen and oxygen atoms in total. The van der Waals surface area contributed by atoms with Gasteiger partial charge in [0.05, 0.1) is 0 Å². The maximum Gasteiger partial charge on any atom is 0.223 e. The summed E-state index contributed by atoms with van der Waals surface area (Å²) in [7, 11) is 0. The van der Waals surface area contributed by atoms with Crippen molar-refractivity contribution in [1.29, 1.82) is 0 Å². The summed E-state index contributed by atoms with van der Waals surface area (Å²) in [4.78, 5) is 14.0. The standard InChI is InChI=1S/C13H23NOS/c1-10(12-5-3-2-4-6-12)14-8-11(9-16)7-13(14)15/h10-12,16H,2-9H2,1H3/t10-,11?/m0/s1. The maximum atomic E-state index is 11.9. The van der Waals surface area contributed by atoms with Crippen LogP contribution in [0.5, 0.6) is 0 Å². The lowest BCUT2D eigenvalue weighted by molar-refractivity contribution is -0.130. The van der Waals surface area contributed by atoms with Crippen molar-refractivity contribution in [3.05, 3.63) is 0 Å². The summed E-state index contributed by atoms with van der Waals surface area (Å²) < 4.78 is 0. The number of nitrogens with zero attached hydrogens (tertiary/aromatic N) is 1. The SMILES string of the molecule is C[C@@H](C1CCCCC1)N1CC(CS)CC1=O. The first-order chi connectivity index (χ1) is 7.72. The minimum absolute atomic E-state index is 0.358. The predicted octanol–water partition coefficient (Wildman–Crippen LogP) is 2.73. The Morgan fingerprint density at radius 1 is 1.38 bits per heavy atom. The van der Waals surface area contributed by atoms with Gasteiger partial charge in [0.15, 0.2) is 0 Å². The minimum Gasteiger partial charge on any atom is -0.339 e. The predicted molar refractivity (Wildman–Crippen MR) is 69.7 cm³/mol. The molecule has 2 rings (SSSR count). The van der Waals surface area contributed by atoms with E-state index in [0.717, 1.165) is 24.6 Å². The fourth-order valence-corrected chi connectivity index (χ4v) is 3.44. The molecule has 1 aliphatic carbocycles. The molecule has 1 unspecified atom stereocenters. The fourth-order valence-electron chi connectivity index (χ4n) is 3.20. The third-order valence-corrected chi connectivity index (χ3v) is 4.84. The van der Waals surface area contributed by atoms with E-state index in [1.807, 2.05) is 0 Å². The third kappa shape index (κ3) is 2.55. The van der Waals surface area contributed by atoms with Crippen molar-refractivity contribution in [3.8, 4) is 0 Å². The Kier molecular flexibility index (Phi) is 4.17. The van der Waals surface area contributed by atoms with Gasteiger partial charge in [-0.3, -0.25) is 4.79 Å². The van der Waals surface area contributed by atoms with Crippen LogP contribution in [0.3, 0.4) is 0 Å². The number of amides is 1. The van der Waals surface area contributed by atoms with Gasteiger partial charge in [-0.15, -0.1) is 0 Å². The van der Waals surface area contributed by atoms with Gasteiger partial charge in [-0.05, 0) is 37.4 Å². The Balaban J connectivity index is 1.93. The van der Waals surface area contributed by atoms with Crippen molar-refractivity contribution in [2.24, 2.45) is 11.8 Å². The molecule has 0 spiro atoms. The van der Waals surface area contributed by atoms with E-state index in [4.69, 9.17) is 0 Å². The first-order valence-electron chi connectivity index (χ1n) is 6.62. The van der Waals surface area contributed by atoms with Crippen LogP contribution in [0, 0.1) is 11.8 Å². The molecule has 1 amide bonds. The van der Waals surface area contributed by atoms with E-state index in [9.17, 15) is 4.79 Å². The fraction of sp³-hybridized carbons (Fsp3) is 0.923. The summed E-state index contributed by atoms with van der Waals surface area (Å²) in [6.07, 6.45) is 7.45. The lowest BCUT2D eigenvalue weighted by Crippen LogP contribution is -2.40. The second-order valence-corrected chi connectivity index (χ2v) is 5.80.